The van der Waals surface area contributed by atoms with Crippen LogP contribution >= 0.6 is 0 Å². The minimum Gasteiger partial charge on any atom is -0.493 e. The number of nitrogens with two attached hydrogens (primary N) is 1. The molecule has 1 aliphatic heterocycles. The molecule has 0 spiro atoms. The first kappa shape index (κ1) is 12.2. The van der Waals surface area contributed by atoms with Crippen molar-refractivity contribution in [3.8, 4) is 11.5 Å². The fourth-order valence-corrected chi connectivity index (χ4v) is 2.19. The molecule has 2 N–H and O–H groups in total. The molecule has 0 aromatic heterocycles. The molecule has 4 heteroatoms. The topological polar surface area (TPSA) is 53.7 Å². The van der Waals surface area contributed by atoms with E-state index in [4.69, 9.17) is 19.9 Å². The van der Waals surface area contributed by atoms with Crippen LogP contribution in [0.1, 0.15) is 18.4 Å². The van der Waals surface area contributed by atoms with Crippen LogP contribution in [0.5, 0.6) is 11.5 Å². The lowest BCUT2D eigenvalue weighted by Gasteiger charge is -2.34. The number of hydrogen-bond acceptors (Lipinski definition) is 4. The molecular weight excluding hydrogens is 218 g/mol. The molecule has 1 aromatic rings. The molecule has 1 heterocycles. The second-order valence-electron chi connectivity index (χ2n) is 4.38. The molecule has 17 heavy (non-hydrogen) atoms. The van der Waals surface area contributed by atoms with Crippen LogP contribution in [0.4, 0.5) is 0 Å². The van der Waals surface area contributed by atoms with Crippen molar-refractivity contribution in [2.75, 3.05) is 27.4 Å². The van der Waals surface area contributed by atoms with Gasteiger partial charge in [0.2, 0.25) is 0 Å². The van der Waals surface area contributed by atoms with Crippen molar-refractivity contribution in [1.82, 2.24) is 0 Å². The van der Waals surface area contributed by atoms with E-state index in [1.807, 2.05) is 18.2 Å². The van der Waals surface area contributed by atoms with Crippen molar-refractivity contribution in [1.29, 1.82) is 0 Å². The van der Waals surface area contributed by atoms with Gasteiger partial charge in [-0.15, -0.1) is 0 Å². The van der Waals surface area contributed by atoms with E-state index >= 15 is 0 Å². The first-order valence-corrected chi connectivity index (χ1v) is 5.79. The lowest BCUT2D eigenvalue weighted by Crippen LogP contribution is -2.44. The summed E-state index contributed by atoms with van der Waals surface area (Å²) in [5.41, 5.74) is 7.01. The average Bonchev–Trinajstić information content (AvgIpc) is 2.38. The lowest BCUT2D eigenvalue weighted by molar-refractivity contribution is 0.0366. The summed E-state index contributed by atoms with van der Waals surface area (Å²) >= 11 is 0. The van der Waals surface area contributed by atoms with Gasteiger partial charge in [0.05, 0.1) is 26.4 Å². The van der Waals surface area contributed by atoms with E-state index < -0.39 is 5.54 Å². The molecule has 2 rings (SSSR count). The second-order valence-corrected chi connectivity index (χ2v) is 4.38. The van der Waals surface area contributed by atoms with E-state index in [1.54, 1.807) is 14.2 Å². The summed E-state index contributed by atoms with van der Waals surface area (Å²) in [6.45, 7) is 1.36. The van der Waals surface area contributed by atoms with Gasteiger partial charge >= 0.3 is 0 Å². The Labute approximate surface area is 102 Å². The van der Waals surface area contributed by atoms with Crippen molar-refractivity contribution in [2.45, 2.75) is 18.4 Å². The van der Waals surface area contributed by atoms with Gasteiger partial charge in [-0.25, -0.2) is 0 Å². The zero-order valence-electron chi connectivity index (χ0n) is 10.4. The van der Waals surface area contributed by atoms with Crippen LogP contribution in [-0.4, -0.2) is 27.4 Å². The number of hydrogen-bond donors (Lipinski definition) is 1. The Morgan fingerprint density at radius 3 is 2.59 bits per heavy atom. The summed E-state index contributed by atoms with van der Waals surface area (Å²) in [5, 5.41) is 0. The van der Waals surface area contributed by atoms with Gasteiger partial charge in [0.25, 0.3) is 0 Å². The number of benzene rings is 1. The van der Waals surface area contributed by atoms with Gasteiger partial charge in [0.1, 0.15) is 0 Å². The van der Waals surface area contributed by atoms with Crippen LogP contribution in [0.25, 0.3) is 0 Å². The first-order chi connectivity index (χ1) is 8.19. The third-order valence-corrected chi connectivity index (χ3v) is 3.23. The SMILES string of the molecule is COc1ccc(C2(N)CCCOC2)cc1OC. The highest BCUT2D eigenvalue weighted by molar-refractivity contribution is 5.45. The molecule has 1 fully saturated rings. The molecule has 1 aromatic carbocycles. The Morgan fingerprint density at radius 2 is 2.00 bits per heavy atom. The molecule has 1 atom stereocenters. The van der Waals surface area contributed by atoms with Gasteiger partial charge in [0, 0.05) is 6.61 Å². The zero-order valence-corrected chi connectivity index (χ0v) is 10.4. The second kappa shape index (κ2) is 4.94. The van der Waals surface area contributed by atoms with E-state index in [9.17, 15) is 0 Å². The van der Waals surface area contributed by atoms with Crippen LogP contribution in [0.3, 0.4) is 0 Å². The summed E-state index contributed by atoms with van der Waals surface area (Å²) in [4.78, 5) is 0. The summed E-state index contributed by atoms with van der Waals surface area (Å²) in [5.74, 6) is 1.43. The van der Waals surface area contributed by atoms with Gasteiger partial charge in [0.15, 0.2) is 11.5 Å². The standard InChI is InChI=1S/C13H19NO3/c1-15-11-5-4-10(8-12(11)16-2)13(14)6-3-7-17-9-13/h4-5,8H,3,6-7,9,14H2,1-2H3. The van der Waals surface area contributed by atoms with Crippen LogP contribution in [0.2, 0.25) is 0 Å². The van der Waals surface area contributed by atoms with Crippen molar-refractivity contribution in [3.05, 3.63) is 23.8 Å². The van der Waals surface area contributed by atoms with Gasteiger partial charge < -0.3 is 19.9 Å². The minimum absolute atomic E-state index is 0.405. The van der Waals surface area contributed by atoms with Crippen molar-refractivity contribution >= 4 is 0 Å². The van der Waals surface area contributed by atoms with Crippen molar-refractivity contribution < 1.29 is 14.2 Å². The van der Waals surface area contributed by atoms with Crippen molar-refractivity contribution in [2.24, 2.45) is 5.73 Å². The quantitative estimate of drug-likeness (QED) is 0.868. The predicted molar refractivity (Wildman–Crippen MR) is 65.5 cm³/mol. The molecule has 1 saturated heterocycles. The van der Waals surface area contributed by atoms with Gasteiger partial charge in [-0.1, -0.05) is 6.07 Å². The van der Waals surface area contributed by atoms with Crippen LogP contribution in [-0.2, 0) is 10.3 Å². The van der Waals surface area contributed by atoms with Crippen LogP contribution in [0, 0.1) is 0 Å². The number of ether oxygens (including phenoxy) is 3. The number of methoxy groups -OCH3 is 2. The molecule has 0 radical (unpaired) electrons. The maximum Gasteiger partial charge on any atom is 0.161 e. The Bertz CT molecular complexity index is 386. The average molecular weight is 237 g/mol. The molecule has 0 amide bonds. The Morgan fingerprint density at radius 1 is 1.24 bits per heavy atom. The molecule has 1 unspecified atom stereocenters. The minimum atomic E-state index is -0.405. The molecule has 4 nitrogen and oxygen atoms in total. The molecule has 1 aliphatic rings. The highest BCUT2D eigenvalue weighted by Crippen LogP contribution is 2.34. The first-order valence-electron chi connectivity index (χ1n) is 5.79. The predicted octanol–water partition coefficient (Wildman–Crippen LogP) is 1.67. The summed E-state index contributed by atoms with van der Waals surface area (Å²) in [7, 11) is 3.25. The van der Waals surface area contributed by atoms with E-state index in [1.165, 1.54) is 0 Å². The Balaban J connectivity index is 2.32. The third kappa shape index (κ3) is 2.37. The summed E-state index contributed by atoms with van der Waals surface area (Å²) < 4.78 is 16.0. The zero-order chi connectivity index (χ0) is 12.3. The summed E-state index contributed by atoms with van der Waals surface area (Å²) in [6, 6.07) is 5.81. The lowest BCUT2D eigenvalue weighted by atomic mass is 9.86. The fraction of sp³-hybridized carbons (Fsp3) is 0.538. The van der Waals surface area contributed by atoms with Gasteiger partial charge in [-0.2, -0.15) is 0 Å². The third-order valence-electron chi connectivity index (χ3n) is 3.23. The van der Waals surface area contributed by atoms with Crippen LogP contribution in [0.15, 0.2) is 18.2 Å². The van der Waals surface area contributed by atoms with E-state index in [0.717, 1.165) is 30.8 Å². The Hall–Kier alpha value is -1.26. The highest BCUT2D eigenvalue weighted by atomic mass is 16.5. The van der Waals surface area contributed by atoms with Crippen LogP contribution < -0.4 is 15.2 Å². The van der Waals surface area contributed by atoms with E-state index in [-0.39, 0.29) is 0 Å². The summed E-state index contributed by atoms with van der Waals surface area (Å²) in [6.07, 6.45) is 1.92. The largest absolute Gasteiger partial charge is 0.493 e. The molecule has 0 aliphatic carbocycles. The smallest absolute Gasteiger partial charge is 0.161 e. The van der Waals surface area contributed by atoms with E-state index in [2.05, 4.69) is 0 Å². The number of rotatable bonds is 3. The van der Waals surface area contributed by atoms with Crippen molar-refractivity contribution in [3.63, 3.8) is 0 Å². The normalized spacial score (nSPS) is 24.4. The molecule has 0 bridgehead atoms. The van der Waals surface area contributed by atoms with E-state index in [0.29, 0.717) is 12.4 Å². The molecule has 0 saturated carbocycles. The highest BCUT2D eigenvalue weighted by Gasteiger charge is 2.31. The molecular formula is C13H19NO3. The monoisotopic (exact) mass is 237 g/mol. The maximum absolute atomic E-state index is 6.37. The van der Waals surface area contributed by atoms with Gasteiger partial charge in [-0.05, 0) is 30.5 Å². The molecule has 94 valence electrons. The Kier molecular flexibility index (Phi) is 3.54. The fourth-order valence-electron chi connectivity index (χ4n) is 2.19. The van der Waals surface area contributed by atoms with Gasteiger partial charge in [-0.3, -0.25) is 0 Å². The maximum atomic E-state index is 6.37.